The lowest BCUT2D eigenvalue weighted by Crippen LogP contribution is -2.00. The number of carbonyl (C=O) groups excluding carboxylic acids is 1. The van der Waals surface area contributed by atoms with Gasteiger partial charge in [-0.25, -0.2) is 14.8 Å². The van der Waals surface area contributed by atoms with Crippen LogP contribution in [-0.2, 0) is 4.79 Å². The third-order valence-corrected chi connectivity index (χ3v) is 4.15. The Kier molecular flexibility index (Phi) is 7.41. The molecule has 0 atom stereocenters. The van der Waals surface area contributed by atoms with Gasteiger partial charge in [-0.3, -0.25) is 9.97 Å². The molecule has 3 aromatic rings. The number of aromatic nitrogens is 3. The summed E-state index contributed by atoms with van der Waals surface area (Å²) >= 11 is 0. The lowest BCUT2D eigenvalue weighted by Gasteiger charge is -2.10. The van der Waals surface area contributed by atoms with Crippen molar-refractivity contribution in [1.82, 2.24) is 15.0 Å². The van der Waals surface area contributed by atoms with Gasteiger partial charge in [-0.05, 0) is 43.5 Å². The molecular weight excluding hydrogens is 352 g/mol. The number of hydrogen-bond acceptors (Lipinski definition) is 6. The zero-order valence-electron chi connectivity index (χ0n) is 15.6. The van der Waals surface area contributed by atoms with Gasteiger partial charge in [0.05, 0.1) is 35.9 Å². The summed E-state index contributed by atoms with van der Waals surface area (Å²) in [5.74, 6) is 0.752. The van der Waals surface area contributed by atoms with Gasteiger partial charge in [0.15, 0.2) is 0 Å². The second kappa shape index (κ2) is 10.7. The van der Waals surface area contributed by atoms with Crippen LogP contribution in [0.2, 0.25) is 0 Å². The summed E-state index contributed by atoms with van der Waals surface area (Å²) in [5, 5.41) is 0. The Hall–Kier alpha value is -3.37. The van der Waals surface area contributed by atoms with Crippen LogP contribution in [0.3, 0.4) is 0 Å². The predicted molar refractivity (Wildman–Crippen MR) is 108 cm³/mol. The van der Waals surface area contributed by atoms with Crippen LogP contribution in [0.4, 0.5) is 0 Å². The summed E-state index contributed by atoms with van der Waals surface area (Å²) in [6.45, 7) is 1.17. The van der Waals surface area contributed by atoms with Gasteiger partial charge in [0.25, 0.3) is 0 Å². The van der Waals surface area contributed by atoms with E-state index in [1.165, 1.54) is 0 Å². The van der Waals surface area contributed by atoms with E-state index in [0.717, 1.165) is 54.2 Å². The first-order chi connectivity index (χ1) is 13.9. The van der Waals surface area contributed by atoms with E-state index in [1.54, 1.807) is 18.5 Å². The highest BCUT2D eigenvalue weighted by Crippen LogP contribution is 2.26. The molecule has 0 bridgehead atoms. The molecule has 0 saturated carbocycles. The number of hydrogen-bond donors (Lipinski definition) is 0. The van der Waals surface area contributed by atoms with Crippen LogP contribution in [0.5, 0.6) is 5.75 Å². The molecule has 0 aliphatic heterocycles. The highest BCUT2D eigenvalue weighted by atomic mass is 16.5. The van der Waals surface area contributed by atoms with Crippen LogP contribution in [0.25, 0.3) is 22.8 Å². The van der Waals surface area contributed by atoms with E-state index < -0.39 is 0 Å². The zero-order valence-corrected chi connectivity index (χ0v) is 15.6. The highest BCUT2D eigenvalue weighted by molar-refractivity contribution is 5.64. The molecule has 0 radical (unpaired) electrons. The van der Waals surface area contributed by atoms with E-state index in [9.17, 15) is 4.79 Å². The zero-order chi connectivity index (χ0) is 19.4. The number of rotatable bonds is 10. The first-order valence-corrected chi connectivity index (χ1v) is 9.38. The Balaban J connectivity index is 1.69. The summed E-state index contributed by atoms with van der Waals surface area (Å²) in [7, 11) is 0. The minimum atomic E-state index is 0.551. The summed E-state index contributed by atoms with van der Waals surface area (Å²) in [4.78, 5) is 27.1. The Bertz CT molecular complexity index is 853. The Morgan fingerprint density at radius 2 is 1.46 bits per heavy atom. The fourth-order valence-electron chi connectivity index (χ4n) is 2.76. The molecule has 3 aromatic heterocycles. The summed E-state index contributed by atoms with van der Waals surface area (Å²) in [6.07, 6.45) is 8.94. The predicted octanol–water partition coefficient (Wildman–Crippen LogP) is 4.48. The fourth-order valence-corrected chi connectivity index (χ4v) is 2.76. The van der Waals surface area contributed by atoms with Gasteiger partial charge < -0.3 is 4.74 Å². The van der Waals surface area contributed by atoms with Gasteiger partial charge in [-0.1, -0.05) is 18.6 Å². The van der Waals surface area contributed by atoms with E-state index in [-0.39, 0.29) is 0 Å². The average molecular weight is 374 g/mol. The van der Waals surface area contributed by atoms with Crippen molar-refractivity contribution in [2.45, 2.75) is 25.7 Å². The molecule has 0 amide bonds. The van der Waals surface area contributed by atoms with Gasteiger partial charge in [0, 0.05) is 24.5 Å². The molecule has 142 valence electrons. The molecule has 0 aliphatic carbocycles. The molecule has 0 N–H and O–H groups in total. The quantitative estimate of drug-likeness (QED) is 0.297. The topological polar surface area (TPSA) is 77.3 Å². The molecule has 6 heteroatoms. The molecule has 0 aromatic carbocycles. The van der Waals surface area contributed by atoms with Gasteiger partial charge >= 0.3 is 0 Å². The monoisotopic (exact) mass is 374 g/mol. The van der Waals surface area contributed by atoms with Crippen molar-refractivity contribution in [3.8, 4) is 28.5 Å². The van der Waals surface area contributed by atoms with Crippen molar-refractivity contribution in [2.75, 3.05) is 13.2 Å². The van der Waals surface area contributed by atoms with Crippen molar-refractivity contribution < 1.29 is 9.53 Å². The maximum absolute atomic E-state index is 10.0. The third-order valence-electron chi connectivity index (χ3n) is 4.15. The minimum Gasteiger partial charge on any atom is -0.493 e. The van der Waals surface area contributed by atoms with Crippen LogP contribution in [-0.4, -0.2) is 34.2 Å². The van der Waals surface area contributed by atoms with E-state index in [4.69, 9.17) is 9.72 Å². The number of ether oxygens (including phenoxy) is 1. The van der Waals surface area contributed by atoms with Crippen LogP contribution < -0.4 is 4.74 Å². The highest BCUT2D eigenvalue weighted by Gasteiger charge is 2.09. The number of unbranched alkanes of at least 4 members (excludes halogenated alkanes) is 3. The summed E-state index contributed by atoms with van der Waals surface area (Å²) in [6, 6.07) is 15.3. The van der Waals surface area contributed by atoms with Gasteiger partial charge in [-0.2, -0.15) is 0 Å². The molecule has 0 spiro atoms. The van der Waals surface area contributed by atoms with Gasteiger partial charge in [0.1, 0.15) is 5.75 Å². The largest absolute Gasteiger partial charge is 0.493 e. The number of nitrogens with zero attached hydrogens (tertiary/aromatic N) is 4. The molecule has 0 unspecified atom stereocenters. The van der Waals surface area contributed by atoms with Crippen molar-refractivity contribution in [3.63, 3.8) is 0 Å². The molecule has 0 fully saturated rings. The van der Waals surface area contributed by atoms with Crippen molar-refractivity contribution in [2.24, 2.45) is 4.99 Å². The fraction of sp³-hybridized carbons (Fsp3) is 0.273. The molecule has 3 rings (SSSR count). The molecule has 6 nitrogen and oxygen atoms in total. The Labute approximate surface area is 164 Å². The van der Waals surface area contributed by atoms with Crippen LogP contribution in [0, 0.1) is 0 Å². The first kappa shape index (κ1) is 19.4. The number of pyridine rings is 3. The van der Waals surface area contributed by atoms with Crippen LogP contribution >= 0.6 is 0 Å². The van der Waals surface area contributed by atoms with Crippen molar-refractivity contribution in [1.29, 1.82) is 0 Å². The lowest BCUT2D eigenvalue weighted by atomic mass is 10.2. The summed E-state index contributed by atoms with van der Waals surface area (Å²) < 4.78 is 5.98. The second-order valence-corrected chi connectivity index (χ2v) is 6.24. The number of isocyanates is 1. The minimum absolute atomic E-state index is 0.551. The van der Waals surface area contributed by atoms with Gasteiger partial charge in [0.2, 0.25) is 6.08 Å². The molecular formula is C22H22N4O2. The smallest absolute Gasteiger partial charge is 0.234 e. The van der Waals surface area contributed by atoms with E-state index in [0.29, 0.717) is 13.2 Å². The Morgan fingerprint density at radius 1 is 0.821 bits per heavy atom. The second-order valence-electron chi connectivity index (χ2n) is 6.24. The van der Waals surface area contributed by atoms with Crippen LogP contribution in [0.1, 0.15) is 25.7 Å². The maximum atomic E-state index is 10.0. The lowest BCUT2D eigenvalue weighted by molar-refractivity contribution is 0.305. The van der Waals surface area contributed by atoms with E-state index in [1.807, 2.05) is 48.5 Å². The number of aliphatic imine (C=N–C) groups is 1. The normalized spacial score (nSPS) is 10.3. The standard InChI is InChI=1S/C22H22N4O2/c27-17-23-11-5-1-2-8-14-28-18-15-21(19-9-3-6-12-24-19)26-22(16-18)20-10-4-7-13-25-20/h3-4,6-7,9-10,12-13,15-16H,1-2,5,8,11,14H2. The van der Waals surface area contributed by atoms with Crippen LogP contribution in [0.15, 0.2) is 65.9 Å². The molecule has 3 heterocycles. The van der Waals surface area contributed by atoms with Crippen molar-refractivity contribution in [3.05, 3.63) is 60.9 Å². The Morgan fingerprint density at radius 3 is 2.04 bits per heavy atom. The molecule has 0 aliphatic rings. The molecule has 0 saturated heterocycles. The first-order valence-electron chi connectivity index (χ1n) is 9.38. The maximum Gasteiger partial charge on any atom is 0.234 e. The van der Waals surface area contributed by atoms with E-state index >= 15 is 0 Å². The van der Waals surface area contributed by atoms with Crippen molar-refractivity contribution >= 4 is 6.08 Å². The van der Waals surface area contributed by atoms with Gasteiger partial charge in [-0.15, -0.1) is 0 Å². The summed E-state index contributed by atoms with van der Waals surface area (Å²) in [5.41, 5.74) is 3.10. The molecule has 28 heavy (non-hydrogen) atoms. The average Bonchev–Trinajstić information content (AvgIpc) is 2.76. The third kappa shape index (κ3) is 5.83. The van der Waals surface area contributed by atoms with E-state index in [2.05, 4.69) is 15.0 Å². The SMILES string of the molecule is O=C=NCCCCCCOc1cc(-c2ccccn2)nc(-c2ccccn2)c1.